The molecule has 2 aromatic heterocycles. The molecule has 0 aliphatic carbocycles. The lowest BCUT2D eigenvalue weighted by atomic mass is 9.97. The average molecular weight is 433 g/mol. The van der Waals surface area contributed by atoms with Gasteiger partial charge < -0.3 is 19.7 Å². The van der Waals surface area contributed by atoms with Crippen molar-refractivity contribution < 1.29 is 19.6 Å². The third-order valence-electron chi connectivity index (χ3n) is 5.79. The Bertz CT molecular complexity index is 1340. The van der Waals surface area contributed by atoms with Crippen LogP contribution in [0.5, 0.6) is 11.6 Å². The predicted molar refractivity (Wildman–Crippen MR) is 117 cm³/mol. The molecule has 2 N–H and O–H groups in total. The number of nitrogens with zero attached hydrogens (tertiary/aromatic N) is 4. The molecular weight excluding hydrogens is 414 g/mol. The number of carboxylic acid groups (broad SMARTS) is 1. The number of anilines is 1. The van der Waals surface area contributed by atoms with Crippen molar-refractivity contribution in [2.24, 2.45) is 5.92 Å². The van der Waals surface area contributed by atoms with Crippen molar-refractivity contribution in [2.45, 2.75) is 12.8 Å². The quantitative estimate of drug-likeness (QED) is 0.355. The molecule has 1 aliphatic rings. The monoisotopic (exact) mass is 433 g/mol. The Balaban J connectivity index is 1.47. The van der Waals surface area contributed by atoms with Crippen molar-refractivity contribution >= 4 is 39.3 Å². The molecule has 1 aliphatic heterocycles. The van der Waals surface area contributed by atoms with Crippen LogP contribution in [0.4, 0.5) is 11.5 Å². The topological polar surface area (TPSA) is 134 Å². The van der Waals surface area contributed by atoms with Gasteiger partial charge in [-0.05, 0) is 31.0 Å². The molecule has 10 heteroatoms. The number of carboxylic acids is 1. The fourth-order valence-corrected chi connectivity index (χ4v) is 4.17. The van der Waals surface area contributed by atoms with E-state index in [9.17, 15) is 20.0 Å². The zero-order valence-electron chi connectivity index (χ0n) is 16.9. The molecule has 5 rings (SSSR count). The van der Waals surface area contributed by atoms with Crippen molar-refractivity contribution in [1.29, 1.82) is 0 Å². The Hall–Kier alpha value is -4.21. The highest BCUT2D eigenvalue weighted by Crippen LogP contribution is 2.38. The standard InChI is InChI=1S/C22H19N5O5/c28-22(29)13-7-9-26(10-8-13)20-19(27(30)31)21(24-12-23-20)32-14-5-6-16-15-3-1-2-4-17(15)25-18(16)11-14/h1-6,11-13,25H,7-10H2,(H,28,29). The van der Waals surface area contributed by atoms with Crippen LogP contribution in [0.1, 0.15) is 12.8 Å². The van der Waals surface area contributed by atoms with E-state index in [1.165, 1.54) is 6.33 Å². The average Bonchev–Trinajstić information content (AvgIpc) is 3.16. The molecule has 4 aromatic rings. The highest BCUT2D eigenvalue weighted by atomic mass is 16.6. The third kappa shape index (κ3) is 3.45. The maximum atomic E-state index is 11.9. The van der Waals surface area contributed by atoms with Gasteiger partial charge in [-0.1, -0.05) is 18.2 Å². The molecule has 0 amide bonds. The lowest BCUT2D eigenvalue weighted by Crippen LogP contribution is -2.37. The Kier molecular flexibility index (Phi) is 4.81. The summed E-state index contributed by atoms with van der Waals surface area (Å²) in [6, 6.07) is 13.3. The number of nitro groups is 1. The number of fused-ring (bicyclic) bond motifs is 3. The fourth-order valence-electron chi connectivity index (χ4n) is 4.17. The molecule has 10 nitrogen and oxygen atoms in total. The van der Waals surface area contributed by atoms with Crippen molar-refractivity contribution in [3.63, 3.8) is 0 Å². The van der Waals surface area contributed by atoms with Gasteiger partial charge in [-0.15, -0.1) is 0 Å². The summed E-state index contributed by atoms with van der Waals surface area (Å²) in [7, 11) is 0. The Labute approximate surface area is 181 Å². The normalized spacial score (nSPS) is 14.7. The molecule has 3 heterocycles. The minimum Gasteiger partial charge on any atom is -0.481 e. The molecule has 0 bridgehead atoms. The molecule has 0 unspecified atom stereocenters. The van der Waals surface area contributed by atoms with Crippen LogP contribution in [0.2, 0.25) is 0 Å². The summed E-state index contributed by atoms with van der Waals surface area (Å²) < 4.78 is 5.83. The first-order valence-electron chi connectivity index (χ1n) is 10.2. The van der Waals surface area contributed by atoms with Crippen LogP contribution in [0, 0.1) is 16.0 Å². The molecule has 0 radical (unpaired) electrons. The van der Waals surface area contributed by atoms with Gasteiger partial charge in [-0.25, -0.2) is 4.98 Å². The largest absolute Gasteiger partial charge is 0.481 e. The number of H-pyrrole nitrogens is 1. The Morgan fingerprint density at radius 2 is 1.88 bits per heavy atom. The molecule has 2 aromatic carbocycles. The summed E-state index contributed by atoms with van der Waals surface area (Å²) in [5, 5.41) is 23.2. The van der Waals surface area contributed by atoms with Gasteiger partial charge >= 0.3 is 17.5 Å². The molecule has 1 fully saturated rings. The highest BCUT2D eigenvalue weighted by molar-refractivity contribution is 6.07. The highest BCUT2D eigenvalue weighted by Gasteiger charge is 2.32. The number of hydrogen-bond acceptors (Lipinski definition) is 7. The maximum absolute atomic E-state index is 11.9. The van der Waals surface area contributed by atoms with Crippen LogP contribution in [0.3, 0.4) is 0 Å². The number of para-hydroxylation sites is 1. The lowest BCUT2D eigenvalue weighted by Gasteiger charge is -2.30. The van der Waals surface area contributed by atoms with Gasteiger partial charge in [-0.3, -0.25) is 14.9 Å². The number of benzene rings is 2. The first kappa shape index (κ1) is 19.7. The minimum atomic E-state index is -0.849. The predicted octanol–water partition coefficient (Wildman–Crippen LogP) is 4.11. The van der Waals surface area contributed by atoms with E-state index in [2.05, 4.69) is 15.0 Å². The van der Waals surface area contributed by atoms with Crippen LogP contribution >= 0.6 is 0 Å². The van der Waals surface area contributed by atoms with Crippen LogP contribution in [0.25, 0.3) is 21.8 Å². The molecule has 0 atom stereocenters. The second kappa shape index (κ2) is 7.80. The van der Waals surface area contributed by atoms with Gasteiger partial charge in [-0.2, -0.15) is 4.98 Å². The van der Waals surface area contributed by atoms with E-state index < -0.39 is 16.8 Å². The number of aromatic nitrogens is 3. The van der Waals surface area contributed by atoms with Crippen molar-refractivity contribution in [3.8, 4) is 11.6 Å². The van der Waals surface area contributed by atoms with Crippen molar-refractivity contribution in [1.82, 2.24) is 15.0 Å². The van der Waals surface area contributed by atoms with E-state index in [1.807, 2.05) is 30.3 Å². The molecule has 32 heavy (non-hydrogen) atoms. The van der Waals surface area contributed by atoms with Crippen molar-refractivity contribution in [3.05, 3.63) is 58.9 Å². The van der Waals surface area contributed by atoms with E-state index >= 15 is 0 Å². The van der Waals surface area contributed by atoms with E-state index in [4.69, 9.17) is 4.74 Å². The summed E-state index contributed by atoms with van der Waals surface area (Å²) in [4.78, 5) is 35.7. The molecule has 0 spiro atoms. The first-order valence-corrected chi connectivity index (χ1v) is 10.2. The molecule has 0 saturated carbocycles. The number of carbonyl (C=O) groups is 1. The van der Waals surface area contributed by atoms with Gasteiger partial charge in [0, 0.05) is 35.4 Å². The van der Waals surface area contributed by atoms with E-state index in [0.29, 0.717) is 31.7 Å². The fraction of sp³-hybridized carbons (Fsp3) is 0.227. The number of rotatable bonds is 5. The second-order valence-corrected chi connectivity index (χ2v) is 7.69. The molecule has 162 valence electrons. The van der Waals surface area contributed by atoms with Gasteiger partial charge in [0.05, 0.1) is 16.4 Å². The van der Waals surface area contributed by atoms with E-state index in [0.717, 1.165) is 21.8 Å². The third-order valence-corrected chi connectivity index (χ3v) is 5.79. The molecular formula is C22H19N5O5. The van der Waals surface area contributed by atoms with Gasteiger partial charge in [0.2, 0.25) is 5.82 Å². The van der Waals surface area contributed by atoms with Crippen LogP contribution < -0.4 is 9.64 Å². The smallest absolute Gasteiger partial charge is 0.373 e. The van der Waals surface area contributed by atoms with Gasteiger partial charge in [0.25, 0.3) is 0 Å². The van der Waals surface area contributed by atoms with Crippen LogP contribution in [-0.2, 0) is 4.79 Å². The van der Waals surface area contributed by atoms with Crippen LogP contribution in [0.15, 0.2) is 48.8 Å². The zero-order chi connectivity index (χ0) is 22.2. The lowest BCUT2D eigenvalue weighted by molar-refractivity contribution is -0.385. The SMILES string of the molecule is O=C(O)C1CCN(c2ncnc(Oc3ccc4c(c3)[nH]c3ccccc34)c2[N+](=O)[O-])CC1. The van der Waals surface area contributed by atoms with E-state index in [1.54, 1.807) is 17.0 Å². The summed E-state index contributed by atoms with van der Waals surface area (Å²) in [5.74, 6) is -0.920. The van der Waals surface area contributed by atoms with Crippen molar-refractivity contribution in [2.75, 3.05) is 18.0 Å². The Morgan fingerprint density at radius 3 is 2.62 bits per heavy atom. The maximum Gasteiger partial charge on any atom is 0.373 e. The van der Waals surface area contributed by atoms with E-state index in [-0.39, 0.29) is 17.4 Å². The number of aromatic amines is 1. The minimum absolute atomic E-state index is 0.135. The Morgan fingerprint density at radius 1 is 1.12 bits per heavy atom. The zero-order valence-corrected chi connectivity index (χ0v) is 16.9. The molecule has 1 saturated heterocycles. The summed E-state index contributed by atoms with van der Waals surface area (Å²) >= 11 is 0. The summed E-state index contributed by atoms with van der Waals surface area (Å²) in [6.07, 6.45) is 2.01. The van der Waals surface area contributed by atoms with Gasteiger partial charge in [0.1, 0.15) is 12.1 Å². The number of piperidine rings is 1. The van der Waals surface area contributed by atoms with Gasteiger partial charge in [0.15, 0.2) is 0 Å². The first-order chi connectivity index (χ1) is 15.5. The number of nitrogens with one attached hydrogen (secondary N) is 1. The number of ether oxygens (including phenoxy) is 1. The second-order valence-electron chi connectivity index (χ2n) is 7.69. The summed E-state index contributed by atoms with van der Waals surface area (Å²) in [5.41, 5.74) is 1.49. The number of aliphatic carboxylic acids is 1. The number of hydrogen-bond donors (Lipinski definition) is 2. The van der Waals surface area contributed by atoms with Crippen LogP contribution in [-0.4, -0.2) is 44.0 Å². The summed E-state index contributed by atoms with van der Waals surface area (Å²) in [6.45, 7) is 0.713.